The first-order valence-electron chi connectivity index (χ1n) is 1.85. The topological polar surface area (TPSA) is 0 Å². The molecule has 8 heavy (non-hydrogen) atoms. The van der Waals surface area contributed by atoms with Crippen LogP contribution < -0.4 is 0 Å². The summed E-state index contributed by atoms with van der Waals surface area (Å²) < 4.78 is 34.0. The van der Waals surface area contributed by atoms with Crippen LogP contribution >= 0.6 is 11.6 Å². The summed E-state index contributed by atoms with van der Waals surface area (Å²) >= 11 is 4.85. The fraction of sp³-hybridized carbons (Fsp3) is 0.500. The average Bonchev–Trinajstić information content (AvgIpc) is 1.64. The van der Waals surface area contributed by atoms with Gasteiger partial charge in [-0.25, -0.2) is 13.2 Å². The Morgan fingerprint density at radius 3 is 1.88 bits per heavy atom. The van der Waals surface area contributed by atoms with Crippen molar-refractivity contribution in [3.8, 4) is 0 Å². The summed E-state index contributed by atoms with van der Waals surface area (Å²) in [5, 5.41) is -0.486. The molecular formula is C4H4ClF3. The standard InChI is InChI=1S/C4H4ClF3/c1-2(5)3(6)4(7)8/h4H,1H3. The lowest BCUT2D eigenvalue weighted by Crippen LogP contribution is -1.90. The molecule has 0 spiro atoms. The van der Waals surface area contributed by atoms with Crippen LogP contribution in [0.25, 0.3) is 0 Å². The minimum atomic E-state index is -3.08. The zero-order chi connectivity index (χ0) is 6.73. The summed E-state index contributed by atoms with van der Waals surface area (Å²) in [5.41, 5.74) is 0. The molecule has 0 heterocycles. The van der Waals surface area contributed by atoms with Gasteiger partial charge in [0.15, 0.2) is 5.83 Å². The minimum absolute atomic E-state index is 0.486. The van der Waals surface area contributed by atoms with E-state index in [0.29, 0.717) is 0 Å². The lowest BCUT2D eigenvalue weighted by molar-refractivity contribution is 0.158. The summed E-state index contributed by atoms with van der Waals surface area (Å²) in [4.78, 5) is 0. The van der Waals surface area contributed by atoms with Gasteiger partial charge in [-0.1, -0.05) is 11.6 Å². The molecule has 0 aromatic heterocycles. The highest BCUT2D eigenvalue weighted by Gasteiger charge is 2.11. The molecule has 0 aliphatic heterocycles. The van der Waals surface area contributed by atoms with Gasteiger partial charge in [-0.3, -0.25) is 0 Å². The Labute approximate surface area is 49.9 Å². The van der Waals surface area contributed by atoms with Gasteiger partial charge in [0.05, 0.1) is 5.03 Å². The molecular weight excluding hydrogens is 140 g/mol. The first-order valence-corrected chi connectivity index (χ1v) is 2.23. The lowest BCUT2D eigenvalue weighted by atomic mass is 10.5. The van der Waals surface area contributed by atoms with E-state index < -0.39 is 17.3 Å². The maximum atomic E-state index is 11.6. The van der Waals surface area contributed by atoms with Gasteiger partial charge in [0, 0.05) is 0 Å². The van der Waals surface area contributed by atoms with Crippen LogP contribution in [-0.4, -0.2) is 6.43 Å². The van der Waals surface area contributed by atoms with Crippen LogP contribution in [0.3, 0.4) is 0 Å². The minimum Gasteiger partial charge on any atom is -0.204 e. The predicted octanol–water partition coefficient (Wildman–Crippen LogP) is 2.69. The number of hydrogen-bond acceptors (Lipinski definition) is 0. The molecule has 0 saturated carbocycles. The molecule has 0 aliphatic carbocycles. The van der Waals surface area contributed by atoms with Gasteiger partial charge in [-0.15, -0.1) is 0 Å². The number of allylic oxidation sites excluding steroid dienone is 2. The highest BCUT2D eigenvalue weighted by atomic mass is 35.5. The summed E-state index contributed by atoms with van der Waals surface area (Å²) in [6.07, 6.45) is -3.08. The number of rotatable bonds is 1. The molecule has 0 rings (SSSR count). The lowest BCUT2D eigenvalue weighted by Gasteiger charge is -1.92. The molecule has 0 saturated heterocycles. The zero-order valence-electron chi connectivity index (χ0n) is 4.09. The van der Waals surface area contributed by atoms with Crippen LogP contribution in [0.2, 0.25) is 0 Å². The molecule has 0 aliphatic rings. The number of hydrogen-bond donors (Lipinski definition) is 0. The zero-order valence-corrected chi connectivity index (χ0v) is 4.85. The van der Waals surface area contributed by atoms with Crippen molar-refractivity contribution in [3.05, 3.63) is 10.9 Å². The second-order valence-corrected chi connectivity index (χ2v) is 1.75. The maximum Gasteiger partial charge on any atom is 0.290 e. The Morgan fingerprint density at radius 1 is 1.50 bits per heavy atom. The van der Waals surface area contributed by atoms with E-state index in [2.05, 4.69) is 0 Å². The van der Waals surface area contributed by atoms with E-state index in [0.717, 1.165) is 6.92 Å². The molecule has 0 amide bonds. The fourth-order valence-corrected chi connectivity index (χ4v) is 0.233. The Balaban J connectivity index is 4.00. The number of halogens is 4. The normalized spacial score (nSPS) is 14.2. The predicted molar refractivity (Wildman–Crippen MR) is 25.7 cm³/mol. The summed E-state index contributed by atoms with van der Waals surface area (Å²) in [6, 6.07) is 0. The van der Waals surface area contributed by atoms with Gasteiger partial charge in [-0.05, 0) is 6.92 Å². The van der Waals surface area contributed by atoms with Crippen molar-refractivity contribution < 1.29 is 13.2 Å². The van der Waals surface area contributed by atoms with Crippen LogP contribution in [0.5, 0.6) is 0 Å². The number of alkyl halides is 2. The summed E-state index contributed by atoms with van der Waals surface area (Å²) in [5.74, 6) is -1.55. The van der Waals surface area contributed by atoms with Crippen molar-refractivity contribution in [2.24, 2.45) is 0 Å². The molecule has 0 atom stereocenters. The SMILES string of the molecule is CC(Cl)=C(F)C(F)F. The Kier molecular flexibility index (Phi) is 2.90. The molecule has 0 aromatic rings. The van der Waals surface area contributed by atoms with Crippen molar-refractivity contribution >= 4 is 11.6 Å². The second kappa shape index (κ2) is 2.97. The van der Waals surface area contributed by atoms with Gasteiger partial charge in [0.2, 0.25) is 0 Å². The van der Waals surface area contributed by atoms with E-state index in [1.54, 1.807) is 0 Å². The van der Waals surface area contributed by atoms with Crippen LogP contribution in [0.15, 0.2) is 10.9 Å². The van der Waals surface area contributed by atoms with Crippen molar-refractivity contribution in [2.75, 3.05) is 0 Å². The van der Waals surface area contributed by atoms with Gasteiger partial charge in [0.25, 0.3) is 6.43 Å². The van der Waals surface area contributed by atoms with E-state index in [4.69, 9.17) is 11.6 Å². The molecule has 0 radical (unpaired) electrons. The molecule has 4 heteroatoms. The second-order valence-electron chi connectivity index (χ2n) is 1.18. The smallest absolute Gasteiger partial charge is 0.204 e. The average molecular weight is 145 g/mol. The molecule has 0 nitrogen and oxygen atoms in total. The molecule has 0 fully saturated rings. The van der Waals surface area contributed by atoms with Crippen molar-refractivity contribution in [1.29, 1.82) is 0 Å². The highest BCUT2D eigenvalue weighted by molar-refractivity contribution is 6.29. The molecule has 0 N–H and O–H groups in total. The van der Waals surface area contributed by atoms with Crippen molar-refractivity contribution in [1.82, 2.24) is 0 Å². The van der Waals surface area contributed by atoms with E-state index in [-0.39, 0.29) is 0 Å². The van der Waals surface area contributed by atoms with E-state index >= 15 is 0 Å². The fourth-order valence-electron chi connectivity index (χ4n) is 0.150. The van der Waals surface area contributed by atoms with Gasteiger partial charge >= 0.3 is 0 Å². The monoisotopic (exact) mass is 144 g/mol. The quantitative estimate of drug-likeness (QED) is 0.531. The third-order valence-electron chi connectivity index (χ3n) is 0.521. The summed E-state index contributed by atoms with van der Waals surface area (Å²) in [6.45, 7) is 1.07. The molecule has 48 valence electrons. The van der Waals surface area contributed by atoms with Crippen LogP contribution in [-0.2, 0) is 0 Å². The summed E-state index contributed by atoms with van der Waals surface area (Å²) in [7, 11) is 0. The van der Waals surface area contributed by atoms with Crippen molar-refractivity contribution in [2.45, 2.75) is 13.3 Å². The Morgan fingerprint density at radius 2 is 1.88 bits per heavy atom. The first kappa shape index (κ1) is 7.82. The van der Waals surface area contributed by atoms with Gasteiger partial charge in [-0.2, -0.15) is 0 Å². The van der Waals surface area contributed by atoms with E-state index in [1.807, 2.05) is 0 Å². The molecule has 0 bridgehead atoms. The van der Waals surface area contributed by atoms with Gasteiger partial charge in [0.1, 0.15) is 0 Å². The third kappa shape index (κ3) is 2.21. The van der Waals surface area contributed by atoms with Crippen LogP contribution in [0.4, 0.5) is 13.2 Å². The van der Waals surface area contributed by atoms with Gasteiger partial charge < -0.3 is 0 Å². The molecule has 0 unspecified atom stereocenters. The van der Waals surface area contributed by atoms with Crippen molar-refractivity contribution in [3.63, 3.8) is 0 Å². The Bertz CT molecular complexity index is 104. The van der Waals surface area contributed by atoms with E-state index in [1.165, 1.54) is 0 Å². The maximum absolute atomic E-state index is 11.6. The van der Waals surface area contributed by atoms with Crippen LogP contribution in [0.1, 0.15) is 6.92 Å². The van der Waals surface area contributed by atoms with E-state index in [9.17, 15) is 13.2 Å². The van der Waals surface area contributed by atoms with Crippen LogP contribution in [0, 0.1) is 0 Å². The largest absolute Gasteiger partial charge is 0.290 e. The third-order valence-corrected chi connectivity index (χ3v) is 0.701. The Hall–Kier alpha value is -0.180. The molecule has 0 aromatic carbocycles. The first-order chi connectivity index (χ1) is 3.55. The highest BCUT2D eigenvalue weighted by Crippen LogP contribution is 2.16.